The number of hydrogen-bond donors (Lipinski definition) is 0. The molecule has 1 aromatic heterocycles. The van der Waals surface area contributed by atoms with Crippen molar-refractivity contribution in [1.29, 1.82) is 0 Å². The van der Waals surface area contributed by atoms with Crippen molar-refractivity contribution in [3.8, 4) is 0 Å². The van der Waals surface area contributed by atoms with Crippen molar-refractivity contribution >= 4 is 34.4 Å². The van der Waals surface area contributed by atoms with Crippen molar-refractivity contribution in [1.82, 2.24) is 4.57 Å². The van der Waals surface area contributed by atoms with Gasteiger partial charge in [0.15, 0.2) is 5.41 Å². The average Bonchev–Trinajstić information content (AvgIpc) is 3.16. The van der Waals surface area contributed by atoms with Crippen LogP contribution in [0.2, 0.25) is 0 Å². The SMILES string of the molecule is COC(=O)/C=C1\c2c(c3ccccc3n2C)C(c2ccccc2)CC1(C(=O)OC)C(=O)OC. The molecule has 0 bridgehead atoms. The summed E-state index contributed by atoms with van der Waals surface area (Å²) >= 11 is 0. The number of para-hydroxylation sites is 1. The predicted molar refractivity (Wildman–Crippen MR) is 122 cm³/mol. The predicted octanol–water partition coefficient (Wildman–Crippen LogP) is 3.60. The Bertz CT molecular complexity index is 1250. The third-order valence-electron chi connectivity index (χ3n) is 6.45. The fourth-order valence-electron chi connectivity index (χ4n) is 4.98. The highest BCUT2D eigenvalue weighted by molar-refractivity contribution is 6.16. The minimum atomic E-state index is -1.85. The molecular formula is C26H25NO6. The summed E-state index contributed by atoms with van der Waals surface area (Å²) in [5.41, 5.74) is 1.71. The molecule has 1 aliphatic carbocycles. The molecule has 0 amide bonds. The molecule has 1 heterocycles. The molecule has 0 radical (unpaired) electrons. The summed E-state index contributed by atoms with van der Waals surface area (Å²) in [4.78, 5) is 39.2. The summed E-state index contributed by atoms with van der Waals surface area (Å²) < 4.78 is 17.0. The molecule has 170 valence electrons. The van der Waals surface area contributed by atoms with Gasteiger partial charge in [-0.15, -0.1) is 0 Å². The first-order valence-corrected chi connectivity index (χ1v) is 10.5. The van der Waals surface area contributed by atoms with Crippen LogP contribution in [0.5, 0.6) is 0 Å². The van der Waals surface area contributed by atoms with Gasteiger partial charge < -0.3 is 18.8 Å². The van der Waals surface area contributed by atoms with Gasteiger partial charge in [0.05, 0.1) is 27.0 Å². The lowest BCUT2D eigenvalue weighted by Gasteiger charge is -2.39. The van der Waals surface area contributed by atoms with Crippen molar-refractivity contribution in [2.45, 2.75) is 12.3 Å². The topological polar surface area (TPSA) is 83.8 Å². The molecule has 7 heteroatoms. The quantitative estimate of drug-likeness (QED) is 0.263. The lowest BCUT2D eigenvalue weighted by Crippen LogP contribution is -2.46. The Morgan fingerprint density at radius 1 is 0.909 bits per heavy atom. The zero-order valence-corrected chi connectivity index (χ0v) is 19.0. The molecule has 33 heavy (non-hydrogen) atoms. The summed E-state index contributed by atoms with van der Waals surface area (Å²) in [6.45, 7) is 0. The van der Waals surface area contributed by atoms with Crippen LogP contribution >= 0.6 is 0 Å². The number of ether oxygens (including phenoxy) is 3. The van der Waals surface area contributed by atoms with Gasteiger partial charge >= 0.3 is 17.9 Å². The second-order valence-electron chi connectivity index (χ2n) is 7.98. The van der Waals surface area contributed by atoms with Crippen LogP contribution in [-0.4, -0.2) is 43.8 Å². The van der Waals surface area contributed by atoms with E-state index in [1.165, 1.54) is 27.4 Å². The number of esters is 3. The number of aryl methyl sites for hydroxylation is 1. The first kappa shape index (κ1) is 22.3. The van der Waals surface area contributed by atoms with E-state index in [2.05, 4.69) is 0 Å². The van der Waals surface area contributed by atoms with Crippen LogP contribution in [0.4, 0.5) is 0 Å². The van der Waals surface area contributed by atoms with E-state index in [9.17, 15) is 14.4 Å². The molecule has 1 atom stereocenters. The minimum absolute atomic E-state index is 0.0419. The second-order valence-corrected chi connectivity index (χ2v) is 7.98. The summed E-state index contributed by atoms with van der Waals surface area (Å²) in [6.07, 6.45) is 1.24. The molecule has 1 aliphatic rings. The largest absolute Gasteiger partial charge is 0.468 e. The Morgan fingerprint density at radius 3 is 2.12 bits per heavy atom. The molecule has 2 aromatic carbocycles. The highest BCUT2D eigenvalue weighted by atomic mass is 16.5. The highest BCUT2D eigenvalue weighted by Crippen LogP contribution is 2.55. The van der Waals surface area contributed by atoms with Gasteiger partial charge in [0.25, 0.3) is 0 Å². The molecule has 0 fully saturated rings. The zero-order chi connectivity index (χ0) is 23.8. The standard InChI is InChI=1S/C26H25NO6/c1-27-20-13-9-8-12-17(20)22-18(16-10-6-5-7-11-16)15-26(24(29)32-3,25(30)33-4)19(23(22)27)14-21(28)31-2/h5-14,18H,15H2,1-4H3/b19-14+. The number of nitrogens with zero attached hydrogens (tertiary/aromatic N) is 1. The van der Waals surface area contributed by atoms with Gasteiger partial charge in [0, 0.05) is 35.5 Å². The van der Waals surface area contributed by atoms with Crippen LogP contribution in [0, 0.1) is 5.41 Å². The molecule has 1 unspecified atom stereocenters. The number of methoxy groups -OCH3 is 3. The molecule has 0 saturated heterocycles. The third kappa shape index (κ3) is 3.31. The van der Waals surface area contributed by atoms with E-state index in [1.807, 2.05) is 66.2 Å². The monoisotopic (exact) mass is 447 g/mol. The van der Waals surface area contributed by atoms with Gasteiger partial charge in [-0.25, -0.2) is 4.79 Å². The van der Waals surface area contributed by atoms with Crippen LogP contribution in [0.1, 0.15) is 29.2 Å². The van der Waals surface area contributed by atoms with Gasteiger partial charge in [0.1, 0.15) is 0 Å². The fourth-order valence-corrected chi connectivity index (χ4v) is 4.98. The van der Waals surface area contributed by atoms with Crippen molar-refractivity contribution < 1.29 is 28.6 Å². The van der Waals surface area contributed by atoms with Gasteiger partial charge in [0.2, 0.25) is 0 Å². The number of rotatable bonds is 4. The van der Waals surface area contributed by atoms with Crippen LogP contribution in [0.25, 0.3) is 16.5 Å². The molecule has 0 spiro atoms. The summed E-state index contributed by atoms with van der Waals surface area (Å²) in [5.74, 6) is -2.60. The van der Waals surface area contributed by atoms with E-state index in [4.69, 9.17) is 14.2 Å². The van der Waals surface area contributed by atoms with Gasteiger partial charge in [-0.05, 0) is 23.6 Å². The normalized spacial score (nSPS) is 17.9. The summed E-state index contributed by atoms with van der Waals surface area (Å²) in [5, 5.41) is 0.975. The number of carbonyl (C=O) groups is 3. The van der Waals surface area contributed by atoms with E-state index in [1.54, 1.807) is 0 Å². The van der Waals surface area contributed by atoms with E-state index in [-0.39, 0.29) is 17.9 Å². The van der Waals surface area contributed by atoms with E-state index >= 15 is 0 Å². The lowest BCUT2D eigenvalue weighted by atomic mass is 9.63. The number of fused-ring (bicyclic) bond motifs is 3. The molecule has 3 aromatic rings. The molecule has 0 N–H and O–H groups in total. The van der Waals surface area contributed by atoms with Crippen molar-refractivity contribution in [3.05, 3.63) is 77.5 Å². The highest BCUT2D eigenvalue weighted by Gasteiger charge is 2.58. The van der Waals surface area contributed by atoms with E-state index < -0.39 is 23.3 Å². The average molecular weight is 447 g/mol. The van der Waals surface area contributed by atoms with E-state index in [0.29, 0.717) is 5.69 Å². The second kappa shape index (κ2) is 8.58. The van der Waals surface area contributed by atoms with E-state index in [0.717, 1.165) is 22.0 Å². The smallest absolute Gasteiger partial charge is 0.330 e. The molecule has 0 saturated carbocycles. The van der Waals surface area contributed by atoms with Gasteiger partial charge in [-0.2, -0.15) is 0 Å². The van der Waals surface area contributed by atoms with Crippen LogP contribution < -0.4 is 0 Å². The van der Waals surface area contributed by atoms with Crippen molar-refractivity contribution in [3.63, 3.8) is 0 Å². The molecular weight excluding hydrogens is 422 g/mol. The maximum Gasteiger partial charge on any atom is 0.330 e. The number of carbonyl (C=O) groups excluding carboxylic acids is 3. The summed E-state index contributed by atoms with van der Waals surface area (Å²) in [6, 6.07) is 17.5. The maximum absolute atomic E-state index is 13.4. The van der Waals surface area contributed by atoms with Crippen molar-refractivity contribution in [2.24, 2.45) is 12.5 Å². The van der Waals surface area contributed by atoms with Gasteiger partial charge in [-0.3, -0.25) is 9.59 Å². The fraction of sp³-hybridized carbons (Fsp3) is 0.269. The first-order valence-electron chi connectivity index (χ1n) is 10.5. The zero-order valence-electron chi connectivity index (χ0n) is 19.0. The Labute approximate surface area is 191 Å². The molecule has 7 nitrogen and oxygen atoms in total. The Kier molecular flexibility index (Phi) is 5.80. The number of benzene rings is 2. The van der Waals surface area contributed by atoms with Gasteiger partial charge in [-0.1, -0.05) is 48.5 Å². The maximum atomic E-state index is 13.4. The first-order chi connectivity index (χ1) is 15.9. The van der Waals surface area contributed by atoms with Crippen LogP contribution in [-0.2, 0) is 35.6 Å². The summed E-state index contributed by atoms with van der Waals surface area (Å²) in [7, 11) is 5.53. The van der Waals surface area contributed by atoms with Crippen LogP contribution in [0.15, 0.2) is 60.7 Å². The Morgan fingerprint density at radius 2 is 1.52 bits per heavy atom. The third-order valence-corrected chi connectivity index (χ3v) is 6.45. The Hall–Kier alpha value is -3.87. The minimum Gasteiger partial charge on any atom is -0.468 e. The molecule has 4 rings (SSSR count). The number of hydrogen-bond acceptors (Lipinski definition) is 6. The Balaban J connectivity index is 2.18. The lowest BCUT2D eigenvalue weighted by molar-refractivity contribution is -0.165. The van der Waals surface area contributed by atoms with Crippen LogP contribution in [0.3, 0.4) is 0 Å². The number of aromatic nitrogens is 1. The molecule has 0 aliphatic heterocycles. The van der Waals surface area contributed by atoms with Crippen molar-refractivity contribution in [2.75, 3.05) is 21.3 Å².